The first-order valence-corrected chi connectivity index (χ1v) is 6.73. The molecule has 0 aromatic carbocycles. The van der Waals surface area contributed by atoms with Gasteiger partial charge in [0.05, 0.1) is 0 Å². The number of nitrogens with two attached hydrogens (primary N) is 1. The number of anilines is 2. The molecule has 21 heavy (non-hydrogen) atoms. The largest absolute Gasteiger partial charge is 0.396 e. The highest BCUT2D eigenvalue weighted by molar-refractivity contribution is 5.39. The lowest BCUT2D eigenvalue weighted by Crippen LogP contribution is -2.36. The maximum Gasteiger partial charge on any atom is 0.258 e. The molecule has 0 aliphatic carbocycles. The van der Waals surface area contributed by atoms with E-state index in [0.29, 0.717) is 17.8 Å². The molecule has 1 aliphatic rings. The predicted molar refractivity (Wildman–Crippen MR) is 74.6 cm³/mol. The molecule has 0 radical (unpaired) electrons. The average molecular weight is 291 g/mol. The van der Waals surface area contributed by atoms with E-state index in [9.17, 15) is 5.11 Å². The van der Waals surface area contributed by atoms with Crippen LogP contribution in [0.25, 0.3) is 5.95 Å². The summed E-state index contributed by atoms with van der Waals surface area (Å²) in [6.07, 6.45) is 4.74. The van der Waals surface area contributed by atoms with Crippen LogP contribution in [0.2, 0.25) is 0 Å². The second-order valence-electron chi connectivity index (χ2n) is 4.86. The van der Waals surface area contributed by atoms with E-state index in [4.69, 9.17) is 5.84 Å². The van der Waals surface area contributed by atoms with E-state index in [0.717, 1.165) is 25.9 Å². The third-order valence-corrected chi connectivity index (χ3v) is 3.52. The molecule has 2 aromatic rings. The van der Waals surface area contributed by atoms with Gasteiger partial charge in [-0.3, -0.25) is 5.43 Å². The fraction of sp³-hybridized carbons (Fsp3) is 0.545. The molecule has 112 valence electrons. The minimum absolute atomic E-state index is 0.227. The molecule has 2 aromatic heterocycles. The van der Waals surface area contributed by atoms with Gasteiger partial charge in [0.1, 0.15) is 12.7 Å². The number of rotatable bonds is 4. The van der Waals surface area contributed by atoms with Gasteiger partial charge in [-0.05, 0) is 18.8 Å². The number of hydrogen-bond acceptors (Lipinski definition) is 9. The van der Waals surface area contributed by atoms with Crippen LogP contribution < -0.4 is 16.2 Å². The molecule has 0 spiro atoms. The minimum atomic E-state index is 0.227. The van der Waals surface area contributed by atoms with Gasteiger partial charge in [-0.15, -0.1) is 0 Å². The van der Waals surface area contributed by atoms with Crippen LogP contribution in [0.1, 0.15) is 12.8 Å². The first kappa shape index (κ1) is 13.6. The van der Waals surface area contributed by atoms with E-state index < -0.39 is 0 Å². The Kier molecular flexibility index (Phi) is 3.88. The SMILES string of the molecule is NNc1nc(N2CCC(CO)CC2)nc(-n2cncn2)n1. The number of aliphatic hydroxyl groups is 1. The fourth-order valence-electron chi connectivity index (χ4n) is 2.29. The normalized spacial score (nSPS) is 16.2. The van der Waals surface area contributed by atoms with Crippen molar-refractivity contribution in [2.75, 3.05) is 30.0 Å². The summed E-state index contributed by atoms with van der Waals surface area (Å²) in [6.45, 7) is 1.80. The fourth-order valence-corrected chi connectivity index (χ4v) is 2.29. The van der Waals surface area contributed by atoms with Crippen LogP contribution in [0.4, 0.5) is 11.9 Å². The monoisotopic (exact) mass is 291 g/mol. The summed E-state index contributed by atoms with van der Waals surface area (Å²) in [5.41, 5.74) is 2.44. The van der Waals surface area contributed by atoms with E-state index in [1.165, 1.54) is 17.3 Å². The van der Waals surface area contributed by atoms with Gasteiger partial charge in [0.15, 0.2) is 0 Å². The molecule has 10 nitrogen and oxygen atoms in total. The second-order valence-corrected chi connectivity index (χ2v) is 4.86. The van der Waals surface area contributed by atoms with Crippen LogP contribution in [-0.2, 0) is 0 Å². The zero-order valence-corrected chi connectivity index (χ0v) is 11.4. The van der Waals surface area contributed by atoms with Crippen molar-refractivity contribution >= 4 is 11.9 Å². The lowest BCUT2D eigenvalue weighted by molar-refractivity contribution is 0.202. The number of piperidine rings is 1. The molecule has 0 bridgehead atoms. The molecule has 0 saturated carbocycles. The Balaban J connectivity index is 1.86. The Morgan fingerprint density at radius 1 is 1.24 bits per heavy atom. The molecule has 3 heterocycles. The Morgan fingerprint density at radius 3 is 2.62 bits per heavy atom. The van der Waals surface area contributed by atoms with E-state index in [1.54, 1.807) is 0 Å². The highest BCUT2D eigenvalue weighted by atomic mass is 16.3. The first-order valence-electron chi connectivity index (χ1n) is 6.73. The van der Waals surface area contributed by atoms with Gasteiger partial charge < -0.3 is 10.0 Å². The molecule has 3 rings (SSSR count). The first-order chi connectivity index (χ1) is 10.3. The van der Waals surface area contributed by atoms with E-state index in [-0.39, 0.29) is 12.6 Å². The van der Waals surface area contributed by atoms with E-state index in [1.807, 2.05) is 0 Å². The van der Waals surface area contributed by atoms with Crippen molar-refractivity contribution in [3.8, 4) is 5.95 Å². The van der Waals surface area contributed by atoms with Crippen LogP contribution in [0.3, 0.4) is 0 Å². The molecule has 0 unspecified atom stereocenters. The van der Waals surface area contributed by atoms with Crippen molar-refractivity contribution in [3.05, 3.63) is 12.7 Å². The maximum absolute atomic E-state index is 9.19. The summed E-state index contributed by atoms with van der Waals surface area (Å²) in [5.74, 6) is 6.94. The molecule has 1 saturated heterocycles. The van der Waals surface area contributed by atoms with Gasteiger partial charge >= 0.3 is 0 Å². The predicted octanol–water partition coefficient (Wildman–Crippen LogP) is -1.05. The van der Waals surface area contributed by atoms with Crippen LogP contribution >= 0.6 is 0 Å². The van der Waals surface area contributed by atoms with Crippen molar-refractivity contribution < 1.29 is 5.11 Å². The summed E-state index contributed by atoms with van der Waals surface area (Å²) in [7, 11) is 0. The van der Waals surface area contributed by atoms with Gasteiger partial charge in [0.25, 0.3) is 5.95 Å². The van der Waals surface area contributed by atoms with Gasteiger partial charge in [-0.1, -0.05) is 0 Å². The van der Waals surface area contributed by atoms with Gasteiger partial charge in [0.2, 0.25) is 11.9 Å². The van der Waals surface area contributed by atoms with Crippen molar-refractivity contribution in [1.82, 2.24) is 29.7 Å². The van der Waals surface area contributed by atoms with Crippen LogP contribution in [0, 0.1) is 5.92 Å². The number of hydrazine groups is 1. The van der Waals surface area contributed by atoms with Gasteiger partial charge in [0, 0.05) is 19.7 Å². The molecule has 4 N–H and O–H groups in total. The molecule has 10 heteroatoms. The summed E-state index contributed by atoms with van der Waals surface area (Å²) in [6, 6.07) is 0. The number of aromatic nitrogens is 6. The van der Waals surface area contributed by atoms with E-state index in [2.05, 4.69) is 35.4 Å². The van der Waals surface area contributed by atoms with Crippen molar-refractivity contribution in [3.63, 3.8) is 0 Å². The standard InChI is InChI=1S/C11H17N9O/c12-18-9-15-10(19-3-1-8(5-21)2-4-19)17-11(16-9)20-7-13-6-14-20/h6-8,21H,1-5,12H2,(H,15,16,17,18). The van der Waals surface area contributed by atoms with Crippen molar-refractivity contribution in [1.29, 1.82) is 0 Å². The quantitative estimate of drug-likeness (QED) is 0.476. The topological polar surface area (TPSA) is 131 Å². The van der Waals surface area contributed by atoms with Crippen molar-refractivity contribution in [2.45, 2.75) is 12.8 Å². The lowest BCUT2D eigenvalue weighted by Gasteiger charge is -2.31. The van der Waals surface area contributed by atoms with Crippen molar-refractivity contribution in [2.24, 2.45) is 11.8 Å². The number of nitrogen functional groups attached to an aromatic ring is 1. The summed E-state index contributed by atoms with van der Waals surface area (Å²) < 4.78 is 1.45. The number of hydrogen-bond donors (Lipinski definition) is 3. The molecular formula is C11H17N9O. The Labute approximate surface area is 121 Å². The van der Waals surface area contributed by atoms with Crippen LogP contribution in [-0.4, -0.2) is 54.5 Å². The zero-order valence-electron chi connectivity index (χ0n) is 11.4. The van der Waals surface area contributed by atoms with Crippen LogP contribution in [0.15, 0.2) is 12.7 Å². The number of nitrogens with zero attached hydrogens (tertiary/aromatic N) is 7. The molecular weight excluding hydrogens is 274 g/mol. The smallest absolute Gasteiger partial charge is 0.258 e. The zero-order chi connectivity index (χ0) is 14.7. The third kappa shape index (κ3) is 2.90. The van der Waals surface area contributed by atoms with Gasteiger partial charge in [-0.25, -0.2) is 10.8 Å². The molecule has 0 atom stereocenters. The summed E-state index contributed by atoms with van der Waals surface area (Å²) in [4.78, 5) is 18.8. The molecule has 1 aliphatic heterocycles. The highest BCUT2D eigenvalue weighted by Gasteiger charge is 2.21. The Bertz CT molecular complexity index is 579. The molecule has 1 fully saturated rings. The van der Waals surface area contributed by atoms with Crippen LogP contribution in [0.5, 0.6) is 0 Å². The maximum atomic E-state index is 9.19. The lowest BCUT2D eigenvalue weighted by atomic mass is 9.98. The minimum Gasteiger partial charge on any atom is -0.396 e. The average Bonchev–Trinajstić information content (AvgIpc) is 3.09. The summed E-state index contributed by atoms with van der Waals surface area (Å²) in [5, 5.41) is 13.2. The highest BCUT2D eigenvalue weighted by Crippen LogP contribution is 2.21. The number of aliphatic hydroxyl groups excluding tert-OH is 1. The number of nitrogens with one attached hydrogen (secondary N) is 1. The summed E-state index contributed by atoms with van der Waals surface area (Å²) >= 11 is 0. The van der Waals surface area contributed by atoms with Gasteiger partial charge in [-0.2, -0.15) is 24.7 Å². The van der Waals surface area contributed by atoms with E-state index >= 15 is 0 Å². The third-order valence-electron chi connectivity index (χ3n) is 3.52. The Morgan fingerprint density at radius 2 is 2.00 bits per heavy atom. The molecule has 0 amide bonds. The Hall–Kier alpha value is -2.33. The second kappa shape index (κ2) is 5.97.